The third kappa shape index (κ3) is 5.49. The summed E-state index contributed by atoms with van der Waals surface area (Å²) in [5.41, 5.74) is 4.61. The van der Waals surface area contributed by atoms with E-state index < -0.39 is 0 Å². The number of hydrogen-bond donors (Lipinski definition) is 1. The summed E-state index contributed by atoms with van der Waals surface area (Å²) in [7, 11) is 0. The average Bonchev–Trinajstić information content (AvgIpc) is 3.13. The van der Waals surface area contributed by atoms with Crippen molar-refractivity contribution in [2.45, 2.75) is 25.0 Å². The van der Waals surface area contributed by atoms with Crippen molar-refractivity contribution in [3.05, 3.63) is 77.4 Å². The summed E-state index contributed by atoms with van der Waals surface area (Å²) >= 11 is 1.49. The molecule has 4 rings (SSSR count). The summed E-state index contributed by atoms with van der Waals surface area (Å²) in [6.45, 7) is 6.32. The lowest BCUT2D eigenvalue weighted by Crippen LogP contribution is -2.48. The standard InChI is InChI=1S/C23H27N5OS/c1-18-21(15-19-5-3-2-4-6-19)26-23(25-18)30-17-22(29)28-13-11-27(12-14-28)16-20-7-9-24-10-8-20/h2-10H,11-17H2,1H3,(H,25,26). The van der Waals surface area contributed by atoms with E-state index in [1.54, 1.807) is 0 Å². The minimum Gasteiger partial charge on any atom is -0.339 e. The van der Waals surface area contributed by atoms with Gasteiger partial charge in [-0.25, -0.2) is 4.98 Å². The minimum absolute atomic E-state index is 0.183. The fourth-order valence-corrected chi connectivity index (χ4v) is 4.46. The van der Waals surface area contributed by atoms with Crippen LogP contribution in [0.2, 0.25) is 0 Å². The predicted octanol–water partition coefficient (Wildman–Crippen LogP) is 3.14. The van der Waals surface area contributed by atoms with Gasteiger partial charge in [-0.1, -0.05) is 42.1 Å². The quantitative estimate of drug-likeness (QED) is 0.594. The van der Waals surface area contributed by atoms with Crippen LogP contribution >= 0.6 is 11.8 Å². The molecule has 1 amide bonds. The van der Waals surface area contributed by atoms with Crippen molar-refractivity contribution in [1.82, 2.24) is 24.8 Å². The molecular formula is C23H27N5OS. The lowest BCUT2D eigenvalue weighted by Gasteiger charge is -2.34. The summed E-state index contributed by atoms with van der Waals surface area (Å²) in [5, 5.41) is 0.822. The maximum absolute atomic E-state index is 12.7. The van der Waals surface area contributed by atoms with Crippen LogP contribution in [0.3, 0.4) is 0 Å². The fraction of sp³-hybridized carbons (Fsp3) is 0.348. The average molecular weight is 422 g/mol. The van der Waals surface area contributed by atoms with E-state index in [0.717, 1.165) is 55.7 Å². The van der Waals surface area contributed by atoms with Gasteiger partial charge in [-0.3, -0.25) is 14.7 Å². The number of nitrogens with one attached hydrogen (secondary N) is 1. The van der Waals surface area contributed by atoms with Gasteiger partial charge in [0.1, 0.15) is 0 Å². The van der Waals surface area contributed by atoms with Crippen LogP contribution in [0, 0.1) is 6.92 Å². The third-order valence-electron chi connectivity index (χ3n) is 5.39. The smallest absolute Gasteiger partial charge is 0.233 e. The number of imidazole rings is 1. The Labute approximate surface area is 181 Å². The summed E-state index contributed by atoms with van der Waals surface area (Å²) in [6, 6.07) is 14.4. The van der Waals surface area contributed by atoms with Gasteiger partial charge in [0, 0.05) is 57.2 Å². The number of hydrogen-bond acceptors (Lipinski definition) is 5. The lowest BCUT2D eigenvalue weighted by atomic mass is 10.1. The normalized spacial score (nSPS) is 14.8. The van der Waals surface area contributed by atoms with Gasteiger partial charge in [0.05, 0.1) is 11.4 Å². The third-order valence-corrected chi connectivity index (χ3v) is 6.25. The number of carbonyl (C=O) groups excluding carboxylic acids is 1. The lowest BCUT2D eigenvalue weighted by molar-refractivity contribution is -0.130. The maximum atomic E-state index is 12.7. The first-order valence-corrected chi connectivity index (χ1v) is 11.3. The van der Waals surface area contributed by atoms with Gasteiger partial charge in [-0.2, -0.15) is 0 Å². The van der Waals surface area contributed by atoms with E-state index in [1.165, 1.54) is 22.9 Å². The van der Waals surface area contributed by atoms with Crippen molar-refractivity contribution >= 4 is 17.7 Å². The molecule has 1 aliphatic heterocycles. The van der Waals surface area contributed by atoms with E-state index in [2.05, 4.69) is 27.0 Å². The Hall–Kier alpha value is -2.64. The molecule has 0 radical (unpaired) electrons. The minimum atomic E-state index is 0.183. The van der Waals surface area contributed by atoms with Crippen LogP contribution in [0.4, 0.5) is 0 Å². The van der Waals surface area contributed by atoms with E-state index in [1.807, 2.05) is 54.5 Å². The number of aromatic nitrogens is 3. The van der Waals surface area contributed by atoms with Crippen molar-refractivity contribution < 1.29 is 4.79 Å². The molecule has 0 aliphatic carbocycles. The van der Waals surface area contributed by atoms with E-state index in [-0.39, 0.29) is 5.91 Å². The number of piperazine rings is 1. The Morgan fingerprint density at radius 3 is 2.50 bits per heavy atom. The number of nitrogens with zero attached hydrogens (tertiary/aromatic N) is 4. The molecule has 1 fully saturated rings. The Kier molecular flexibility index (Phi) is 6.81. The van der Waals surface area contributed by atoms with E-state index in [4.69, 9.17) is 4.98 Å². The molecule has 156 valence electrons. The molecule has 0 spiro atoms. The number of aromatic amines is 1. The largest absolute Gasteiger partial charge is 0.339 e. The number of amides is 1. The number of thioether (sulfide) groups is 1. The van der Waals surface area contributed by atoms with Crippen LogP contribution in [0.5, 0.6) is 0 Å². The number of aryl methyl sites for hydroxylation is 1. The predicted molar refractivity (Wildman–Crippen MR) is 119 cm³/mol. The SMILES string of the molecule is Cc1[nH]c(SCC(=O)N2CCN(Cc3ccncc3)CC2)nc1Cc1ccccc1. The maximum Gasteiger partial charge on any atom is 0.233 e. The van der Waals surface area contributed by atoms with Gasteiger partial charge >= 0.3 is 0 Å². The van der Waals surface area contributed by atoms with Crippen LogP contribution in [0.15, 0.2) is 60.0 Å². The van der Waals surface area contributed by atoms with Gasteiger partial charge in [0.2, 0.25) is 5.91 Å². The monoisotopic (exact) mass is 421 g/mol. The first-order valence-electron chi connectivity index (χ1n) is 10.3. The van der Waals surface area contributed by atoms with Gasteiger partial charge in [0.25, 0.3) is 0 Å². The molecular weight excluding hydrogens is 394 g/mol. The molecule has 0 unspecified atom stereocenters. The molecule has 1 saturated heterocycles. The van der Waals surface area contributed by atoms with Gasteiger partial charge in [-0.05, 0) is 30.2 Å². The van der Waals surface area contributed by atoms with Crippen molar-refractivity contribution in [3.8, 4) is 0 Å². The van der Waals surface area contributed by atoms with E-state index in [0.29, 0.717) is 5.75 Å². The highest BCUT2D eigenvalue weighted by Crippen LogP contribution is 2.20. The van der Waals surface area contributed by atoms with Crippen LogP contribution in [0.25, 0.3) is 0 Å². The molecule has 2 aromatic heterocycles. The van der Waals surface area contributed by atoms with Crippen LogP contribution in [-0.2, 0) is 17.8 Å². The van der Waals surface area contributed by atoms with E-state index >= 15 is 0 Å². The zero-order valence-corrected chi connectivity index (χ0v) is 18.1. The molecule has 1 N–H and O–H groups in total. The number of H-pyrrole nitrogens is 1. The molecule has 6 nitrogen and oxygen atoms in total. The zero-order chi connectivity index (χ0) is 20.8. The second-order valence-electron chi connectivity index (χ2n) is 7.58. The molecule has 7 heteroatoms. The second kappa shape index (κ2) is 9.91. The summed E-state index contributed by atoms with van der Waals surface area (Å²) < 4.78 is 0. The Balaban J connectivity index is 1.24. The van der Waals surface area contributed by atoms with Gasteiger partial charge in [0.15, 0.2) is 5.16 Å². The molecule has 0 atom stereocenters. The van der Waals surface area contributed by atoms with Gasteiger partial charge < -0.3 is 9.88 Å². The molecule has 3 aromatic rings. The molecule has 0 saturated carbocycles. The molecule has 30 heavy (non-hydrogen) atoms. The zero-order valence-electron chi connectivity index (χ0n) is 17.3. The van der Waals surface area contributed by atoms with E-state index in [9.17, 15) is 4.79 Å². The molecule has 0 bridgehead atoms. The first-order chi connectivity index (χ1) is 14.7. The summed E-state index contributed by atoms with van der Waals surface area (Å²) in [4.78, 5) is 29.1. The number of pyridine rings is 1. The Bertz CT molecular complexity index is 952. The highest BCUT2D eigenvalue weighted by Gasteiger charge is 2.21. The number of rotatable bonds is 7. The Morgan fingerprint density at radius 1 is 1.03 bits per heavy atom. The number of carbonyl (C=O) groups is 1. The highest BCUT2D eigenvalue weighted by atomic mass is 32.2. The Morgan fingerprint density at radius 2 is 1.77 bits per heavy atom. The highest BCUT2D eigenvalue weighted by molar-refractivity contribution is 7.99. The van der Waals surface area contributed by atoms with Crippen LogP contribution in [0.1, 0.15) is 22.5 Å². The van der Waals surface area contributed by atoms with Crippen molar-refractivity contribution in [1.29, 1.82) is 0 Å². The topological polar surface area (TPSA) is 65.1 Å². The summed E-state index contributed by atoms with van der Waals surface area (Å²) in [6.07, 6.45) is 4.46. The van der Waals surface area contributed by atoms with Crippen molar-refractivity contribution in [3.63, 3.8) is 0 Å². The van der Waals surface area contributed by atoms with Crippen LogP contribution in [-0.4, -0.2) is 62.6 Å². The van der Waals surface area contributed by atoms with Crippen molar-refractivity contribution in [2.24, 2.45) is 0 Å². The number of benzene rings is 1. The molecule has 3 heterocycles. The summed E-state index contributed by atoms with van der Waals surface area (Å²) in [5.74, 6) is 0.601. The second-order valence-corrected chi connectivity index (χ2v) is 8.54. The molecule has 1 aliphatic rings. The van der Waals surface area contributed by atoms with Crippen LogP contribution < -0.4 is 0 Å². The fourth-order valence-electron chi connectivity index (χ4n) is 3.62. The first kappa shape index (κ1) is 20.6. The van der Waals surface area contributed by atoms with Gasteiger partial charge in [-0.15, -0.1) is 0 Å². The van der Waals surface area contributed by atoms with Crippen molar-refractivity contribution in [2.75, 3.05) is 31.9 Å². The molecule has 1 aromatic carbocycles.